The number of aromatic nitrogens is 1. The van der Waals surface area contributed by atoms with Gasteiger partial charge >= 0.3 is 6.18 Å². The van der Waals surface area contributed by atoms with Crippen LogP contribution in [0.4, 0.5) is 19.2 Å². The van der Waals surface area contributed by atoms with Gasteiger partial charge in [-0.15, -0.1) is 0 Å². The van der Waals surface area contributed by atoms with Crippen LogP contribution in [0.2, 0.25) is 0 Å². The van der Waals surface area contributed by atoms with E-state index in [1.165, 1.54) is 6.26 Å². The topological polar surface area (TPSA) is 41.3 Å². The molecule has 1 fully saturated rings. The summed E-state index contributed by atoms with van der Waals surface area (Å²) >= 11 is 0. The van der Waals surface area contributed by atoms with Crippen LogP contribution in [0.5, 0.6) is 0 Å². The molecule has 0 spiro atoms. The largest absolute Gasteiger partial charge is 0.432 e. The predicted octanol–water partition coefficient (Wildman–Crippen LogP) is 2.70. The van der Waals surface area contributed by atoms with E-state index >= 15 is 0 Å². The van der Waals surface area contributed by atoms with Gasteiger partial charge in [0.25, 0.3) is 6.01 Å². The summed E-state index contributed by atoms with van der Waals surface area (Å²) in [6.45, 7) is 2.84. The summed E-state index contributed by atoms with van der Waals surface area (Å²) in [4.78, 5) is 5.22. The Labute approximate surface area is 110 Å². The lowest BCUT2D eigenvalue weighted by Crippen LogP contribution is -2.39. The van der Waals surface area contributed by atoms with Gasteiger partial charge in [-0.25, -0.2) is 0 Å². The van der Waals surface area contributed by atoms with Crippen LogP contribution in [0.1, 0.15) is 32.4 Å². The molecule has 1 heterocycles. The van der Waals surface area contributed by atoms with Crippen LogP contribution >= 0.6 is 0 Å². The Kier molecular flexibility index (Phi) is 4.03. The van der Waals surface area contributed by atoms with Crippen molar-refractivity contribution in [3.63, 3.8) is 0 Å². The van der Waals surface area contributed by atoms with Crippen LogP contribution in [-0.2, 0) is 6.54 Å². The summed E-state index contributed by atoms with van der Waals surface area (Å²) in [7, 11) is 0. The summed E-state index contributed by atoms with van der Waals surface area (Å²) < 4.78 is 42.7. The molecule has 19 heavy (non-hydrogen) atoms. The number of halogens is 3. The van der Waals surface area contributed by atoms with Crippen LogP contribution in [0, 0.1) is 0 Å². The molecule has 4 nitrogen and oxygen atoms in total. The van der Waals surface area contributed by atoms with E-state index in [1.54, 1.807) is 13.8 Å². The van der Waals surface area contributed by atoms with Crippen molar-refractivity contribution in [2.24, 2.45) is 0 Å². The van der Waals surface area contributed by atoms with Crippen molar-refractivity contribution in [1.29, 1.82) is 0 Å². The Morgan fingerprint density at radius 3 is 2.68 bits per heavy atom. The zero-order valence-electron chi connectivity index (χ0n) is 11.0. The SMILES string of the molecule is CC(C)N(CC(F)(F)F)c1nc(CNC2CC2)co1. The second kappa shape index (κ2) is 5.40. The van der Waals surface area contributed by atoms with Crippen molar-refractivity contribution < 1.29 is 17.6 Å². The fraction of sp³-hybridized carbons (Fsp3) is 0.750. The molecule has 1 aliphatic rings. The first kappa shape index (κ1) is 14.2. The monoisotopic (exact) mass is 277 g/mol. The maximum atomic E-state index is 12.5. The second-order valence-electron chi connectivity index (χ2n) is 5.11. The molecule has 0 aromatic carbocycles. The van der Waals surface area contributed by atoms with Crippen LogP contribution in [0.3, 0.4) is 0 Å². The Bertz CT molecular complexity index is 413. The van der Waals surface area contributed by atoms with Crippen molar-refractivity contribution in [1.82, 2.24) is 10.3 Å². The number of rotatable bonds is 6. The first-order valence-electron chi connectivity index (χ1n) is 6.36. The maximum absolute atomic E-state index is 12.5. The zero-order chi connectivity index (χ0) is 14.0. The van der Waals surface area contributed by atoms with Crippen molar-refractivity contribution in [2.45, 2.75) is 51.5 Å². The van der Waals surface area contributed by atoms with Crippen molar-refractivity contribution >= 4 is 6.01 Å². The minimum Gasteiger partial charge on any atom is -0.432 e. The van der Waals surface area contributed by atoms with Gasteiger partial charge in [-0.05, 0) is 26.7 Å². The molecule has 1 N–H and O–H groups in total. The highest BCUT2D eigenvalue weighted by Gasteiger charge is 2.34. The Hall–Kier alpha value is -1.24. The second-order valence-corrected chi connectivity index (χ2v) is 5.11. The summed E-state index contributed by atoms with van der Waals surface area (Å²) in [5.74, 6) is 0. The highest BCUT2D eigenvalue weighted by atomic mass is 19.4. The Morgan fingerprint density at radius 1 is 1.47 bits per heavy atom. The first-order chi connectivity index (χ1) is 8.85. The van der Waals surface area contributed by atoms with Gasteiger partial charge in [0.05, 0.1) is 5.69 Å². The third kappa shape index (κ3) is 4.41. The maximum Gasteiger partial charge on any atom is 0.406 e. The van der Waals surface area contributed by atoms with E-state index in [1.807, 2.05) is 0 Å². The number of alkyl halides is 3. The van der Waals surface area contributed by atoms with Gasteiger partial charge in [0, 0.05) is 18.6 Å². The number of hydrogen-bond donors (Lipinski definition) is 1. The molecule has 7 heteroatoms. The van der Waals surface area contributed by atoms with Crippen molar-refractivity contribution in [2.75, 3.05) is 11.4 Å². The molecule has 0 amide bonds. The van der Waals surface area contributed by atoms with E-state index in [0.29, 0.717) is 18.3 Å². The van der Waals surface area contributed by atoms with E-state index in [9.17, 15) is 13.2 Å². The average molecular weight is 277 g/mol. The van der Waals surface area contributed by atoms with Gasteiger partial charge in [0.2, 0.25) is 0 Å². The van der Waals surface area contributed by atoms with Crippen LogP contribution in [0.25, 0.3) is 0 Å². The lowest BCUT2D eigenvalue weighted by atomic mass is 10.3. The molecule has 0 atom stereocenters. The Balaban J connectivity index is 1.99. The summed E-state index contributed by atoms with van der Waals surface area (Å²) in [6.07, 6.45) is -0.560. The molecule has 2 rings (SSSR count). The van der Waals surface area contributed by atoms with Gasteiger partial charge in [-0.1, -0.05) is 0 Å². The molecule has 0 radical (unpaired) electrons. The highest BCUT2D eigenvalue weighted by molar-refractivity contribution is 5.29. The Morgan fingerprint density at radius 2 is 2.16 bits per heavy atom. The smallest absolute Gasteiger partial charge is 0.406 e. The molecule has 1 aliphatic carbocycles. The number of nitrogens with one attached hydrogen (secondary N) is 1. The normalized spacial score (nSPS) is 16.1. The number of nitrogens with zero attached hydrogens (tertiary/aromatic N) is 2. The molecule has 0 unspecified atom stereocenters. The van der Waals surface area contributed by atoms with Crippen molar-refractivity contribution in [3.8, 4) is 0 Å². The lowest BCUT2D eigenvalue weighted by molar-refractivity contribution is -0.121. The number of hydrogen-bond acceptors (Lipinski definition) is 4. The van der Waals surface area contributed by atoms with Gasteiger partial charge in [-0.3, -0.25) is 0 Å². The fourth-order valence-corrected chi connectivity index (χ4v) is 1.71. The molecule has 0 aliphatic heterocycles. The molecule has 1 aromatic rings. The molecule has 0 saturated heterocycles. The van der Waals surface area contributed by atoms with Crippen LogP contribution < -0.4 is 10.2 Å². The van der Waals surface area contributed by atoms with Gasteiger partial charge in [-0.2, -0.15) is 18.2 Å². The quantitative estimate of drug-likeness (QED) is 0.868. The van der Waals surface area contributed by atoms with E-state index < -0.39 is 12.7 Å². The summed E-state index contributed by atoms with van der Waals surface area (Å²) in [5.41, 5.74) is 0.634. The summed E-state index contributed by atoms with van der Waals surface area (Å²) in [5, 5.41) is 3.24. The average Bonchev–Trinajstić information content (AvgIpc) is 3.00. The molecular formula is C12H18F3N3O. The van der Waals surface area contributed by atoms with Crippen LogP contribution in [0.15, 0.2) is 10.7 Å². The van der Waals surface area contributed by atoms with Crippen molar-refractivity contribution in [3.05, 3.63) is 12.0 Å². The minimum absolute atomic E-state index is 0.0277. The standard InChI is InChI=1S/C12H18F3N3O/c1-8(2)18(7-12(13,14)15)11-17-10(6-19-11)5-16-9-3-4-9/h6,8-9,16H,3-5,7H2,1-2H3. The van der Waals surface area contributed by atoms with E-state index in [-0.39, 0.29) is 12.1 Å². The third-order valence-corrected chi connectivity index (χ3v) is 2.91. The molecule has 1 aromatic heterocycles. The van der Waals surface area contributed by atoms with E-state index in [4.69, 9.17) is 4.42 Å². The van der Waals surface area contributed by atoms with E-state index in [0.717, 1.165) is 17.7 Å². The molecule has 108 valence electrons. The third-order valence-electron chi connectivity index (χ3n) is 2.91. The predicted molar refractivity (Wildman–Crippen MR) is 64.9 cm³/mol. The van der Waals surface area contributed by atoms with Crippen LogP contribution in [-0.4, -0.2) is 29.8 Å². The minimum atomic E-state index is -4.27. The highest BCUT2D eigenvalue weighted by Crippen LogP contribution is 2.24. The zero-order valence-corrected chi connectivity index (χ0v) is 11.0. The van der Waals surface area contributed by atoms with Gasteiger partial charge in [0.1, 0.15) is 12.8 Å². The number of anilines is 1. The van der Waals surface area contributed by atoms with Gasteiger partial charge in [0.15, 0.2) is 0 Å². The summed E-state index contributed by atoms with van der Waals surface area (Å²) in [6, 6.07) is 0.223. The van der Waals surface area contributed by atoms with Gasteiger partial charge < -0.3 is 14.6 Å². The molecule has 1 saturated carbocycles. The lowest BCUT2D eigenvalue weighted by Gasteiger charge is -2.25. The number of oxazole rings is 1. The molecule has 0 bridgehead atoms. The fourth-order valence-electron chi connectivity index (χ4n) is 1.71. The van der Waals surface area contributed by atoms with E-state index in [2.05, 4.69) is 10.3 Å². The molecular weight excluding hydrogens is 259 g/mol. The first-order valence-corrected chi connectivity index (χ1v) is 6.36.